The molecule has 6 aromatic rings. The summed E-state index contributed by atoms with van der Waals surface area (Å²) in [7, 11) is 1.60. The molecule has 0 atom stereocenters. The van der Waals surface area contributed by atoms with Crippen LogP contribution in [-0.2, 0) is 13.1 Å². The van der Waals surface area contributed by atoms with Crippen LogP contribution in [0.1, 0.15) is 27.3 Å². The lowest BCUT2D eigenvalue weighted by atomic mass is 10.1. The maximum absolute atomic E-state index is 13.1. The van der Waals surface area contributed by atoms with Crippen molar-refractivity contribution in [2.24, 2.45) is 5.10 Å². The van der Waals surface area contributed by atoms with Crippen LogP contribution in [0.3, 0.4) is 0 Å². The molecular formula is C27H24N12O3. The fourth-order valence-corrected chi connectivity index (χ4v) is 4.30. The van der Waals surface area contributed by atoms with Crippen molar-refractivity contribution in [1.29, 1.82) is 0 Å². The predicted octanol–water partition coefficient (Wildman–Crippen LogP) is 2.41. The number of fused-ring (bicyclic) bond motifs is 1. The SMILES string of the molecule is COc1ccc(C=NNC(=O)c2nnn(-c3nonc3N)c2CNc2ccccc2)cc1Cn1nnc2ccccc21. The number of hydrogen-bond acceptors (Lipinski definition) is 12. The Balaban J connectivity index is 1.21. The summed E-state index contributed by atoms with van der Waals surface area (Å²) in [5.41, 5.74) is 12.9. The van der Waals surface area contributed by atoms with E-state index in [2.05, 4.69) is 46.8 Å². The number of hydrazone groups is 1. The number of rotatable bonds is 10. The molecular weight excluding hydrogens is 540 g/mol. The summed E-state index contributed by atoms with van der Waals surface area (Å²) in [5.74, 6) is 0.214. The zero-order valence-electron chi connectivity index (χ0n) is 22.2. The van der Waals surface area contributed by atoms with E-state index in [9.17, 15) is 4.79 Å². The highest BCUT2D eigenvalue weighted by Crippen LogP contribution is 2.22. The lowest BCUT2D eigenvalue weighted by Crippen LogP contribution is -2.21. The van der Waals surface area contributed by atoms with Crippen molar-refractivity contribution >= 4 is 34.7 Å². The van der Waals surface area contributed by atoms with E-state index in [0.717, 1.165) is 27.8 Å². The fraction of sp³-hybridized carbons (Fsp3) is 0.111. The van der Waals surface area contributed by atoms with E-state index < -0.39 is 5.91 Å². The third kappa shape index (κ3) is 5.33. The van der Waals surface area contributed by atoms with Gasteiger partial charge >= 0.3 is 0 Å². The van der Waals surface area contributed by atoms with Gasteiger partial charge in [0.05, 0.1) is 37.6 Å². The fourth-order valence-electron chi connectivity index (χ4n) is 4.30. The summed E-state index contributed by atoms with van der Waals surface area (Å²) < 4.78 is 13.3. The average Bonchev–Trinajstić information content (AvgIpc) is 3.75. The molecule has 4 N–H and O–H groups in total. The molecule has 6 rings (SSSR count). The molecule has 0 unspecified atom stereocenters. The Kier molecular flexibility index (Phi) is 7.18. The Labute approximate surface area is 237 Å². The topological polar surface area (TPSA) is 189 Å². The highest BCUT2D eigenvalue weighted by Gasteiger charge is 2.23. The molecule has 0 radical (unpaired) electrons. The minimum absolute atomic E-state index is 0.0000375. The van der Waals surface area contributed by atoms with Crippen LogP contribution in [0, 0.1) is 0 Å². The molecule has 0 bridgehead atoms. The smallest absolute Gasteiger partial charge is 0.293 e. The number of methoxy groups -OCH3 is 1. The summed E-state index contributed by atoms with van der Waals surface area (Å²) in [6.07, 6.45) is 1.52. The molecule has 3 aromatic heterocycles. The first-order valence-electron chi connectivity index (χ1n) is 12.7. The van der Waals surface area contributed by atoms with Gasteiger partial charge in [0.1, 0.15) is 11.3 Å². The number of benzene rings is 3. The quantitative estimate of drug-likeness (QED) is 0.164. The number of para-hydroxylation sites is 2. The summed E-state index contributed by atoms with van der Waals surface area (Å²) in [6, 6.07) is 22.7. The molecule has 15 nitrogen and oxygen atoms in total. The molecule has 0 aliphatic carbocycles. The van der Waals surface area contributed by atoms with Crippen LogP contribution in [0.5, 0.6) is 5.75 Å². The summed E-state index contributed by atoms with van der Waals surface area (Å²) >= 11 is 0. The maximum atomic E-state index is 13.1. The van der Waals surface area contributed by atoms with E-state index >= 15 is 0 Å². The van der Waals surface area contributed by atoms with Gasteiger partial charge in [0, 0.05) is 11.3 Å². The third-order valence-corrected chi connectivity index (χ3v) is 6.33. The molecule has 210 valence electrons. The van der Waals surface area contributed by atoms with Crippen molar-refractivity contribution in [3.63, 3.8) is 0 Å². The minimum Gasteiger partial charge on any atom is -0.496 e. The zero-order chi connectivity index (χ0) is 28.9. The van der Waals surface area contributed by atoms with Crippen molar-refractivity contribution in [2.45, 2.75) is 13.1 Å². The Bertz CT molecular complexity index is 1880. The van der Waals surface area contributed by atoms with E-state index in [0.29, 0.717) is 18.0 Å². The number of nitrogens with one attached hydrogen (secondary N) is 2. The molecule has 42 heavy (non-hydrogen) atoms. The molecule has 0 spiro atoms. The maximum Gasteiger partial charge on any atom is 0.293 e. The second kappa shape index (κ2) is 11.5. The van der Waals surface area contributed by atoms with Crippen molar-refractivity contribution in [1.82, 2.24) is 45.7 Å². The third-order valence-electron chi connectivity index (χ3n) is 6.33. The van der Waals surface area contributed by atoms with Gasteiger partial charge in [0.15, 0.2) is 5.69 Å². The Hall–Kier alpha value is -6.12. The van der Waals surface area contributed by atoms with E-state index in [4.69, 9.17) is 15.1 Å². The number of anilines is 2. The Morgan fingerprint density at radius 2 is 1.88 bits per heavy atom. The Morgan fingerprint density at radius 3 is 2.69 bits per heavy atom. The van der Waals surface area contributed by atoms with Crippen LogP contribution in [0.2, 0.25) is 0 Å². The zero-order valence-corrected chi connectivity index (χ0v) is 22.2. The van der Waals surface area contributed by atoms with E-state index in [1.165, 1.54) is 10.9 Å². The number of nitrogen functional groups attached to an aromatic ring is 1. The van der Waals surface area contributed by atoms with Crippen LogP contribution in [0.25, 0.3) is 16.9 Å². The molecule has 0 saturated heterocycles. The molecule has 3 heterocycles. The molecule has 15 heteroatoms. The van der Waals surface area contributed by atoms with Gasteiger partial charge in [-0.15, -0.1) is 10.2 Å². The normalized spacial score (nSPS) is 11.3. The van der Waals surface area contributed by atoms with Gasteiger partial charge in [-0.2, -0.15) is 9.78 Å². The molecule has 0 aliphatic rings. The summed E-state index contributed by atoms with van der Waals surface area (Å²) in [5, 5.41) is 31.3. The number of carbonyl (C=O) groups is 1. The number of hydrogen-bond donors (Lipinski definition) is 3. The highest BCUT2D eigenvalue weighted by molar-refractivity contribution is 5.94. The molecule has 0 fully saturated rings. The lowest BCUT2D eigenvalue weighted by Gasteiger charge is -2.10. The standard InChI is InChI=1S/C27H24N12O3/c1-41-23-12-11-17(13-18(23)16-38-21-10-6-5-9-20(21)31-36-38)14-30-33-27(40)24-22(15-29-19-7-3-2-4-8-19)39(37-32-24)26-25(28)34-42-35-26/h2-14,29H,15-16H2,1H3,(H2,28,34)(H,33,40). The molecule has 3 aromatic carbocycles. The van der Waals surface area contributed by atoms with Crippen LogP contribution in [-0.4, -0.2) is 59.5 Å². The van der Waals surface area contributed by atoms with Gasteiger partial charge in [0.2, 0.25) is 11.6 Å². The highest BCUT2D eigenvalue weighted by atomic mass is 16.6. The number of nitrogens with zero attached hydrogens (tertiary/aromatic N) is 9. The lowest BCUT2D eigenvalue weighted by molar-refractivity contribution is 0.0949. The minimum atomic E-state index is -0.583. The molecule has 0 saturated carbocycles. The van der Waals surface area contributed by atoms with Crippen molar-refractivity contribution in [3.8, 4) is 11.6 Å². The first kappa shape index (κ1) is 26.1. The predicted molar refractivity (Wildman–Crippen MR) is 152 cm³/mol. The van der Waals surface area contributed by atoms with Gasteiger partial charge in [-0.25, -0.2) is 14.7 Å². The number of carbonyl (C=O) groups excluding carboxylic acids is 1. The number of nitrogens with two attached hydrogens (primary N) is 1. The average molecular weight is 565 g/mol. The second-order valence-corrected chi connectivity index (χ2v) is 9.00. The van der Waals surface area contributed by atoms with Gasteiger partial charge in [-0.1, -0.05) is 40.8 Å². The van der Waals surface area contributed by atoms with Crippen LogP contribution in [0.15, 0.2) is 82.5 Å². The number of ether oxygens (including phenoxy) is 1. The van der Waals surface area contributed by atoms with Gasteiger partial charge in [0.25, 0.3) is 5.91 Å². The van der Waals surface area contributed by atoms with Crippen molar-refractivity contribution < 1.29 is 14.2 Å². The van der Waals surface area contributed by atoms with Gasteiger partial charge in [-0.05, 0) is 58.3 Å². The second-order valence-electron chi connectivity index (χ2n) is 9.00. The van der Waals surface area contributed by atoms with E-state index in [1.54, 1.807) is 11.8 Å². The molecule has 0 aliphatic heterocycles. The first-order chi connectivity index (χ1) is 20.6. The first-order valence-corrected chi connectivity index (χ1v) is 12.7. The molecule has 1 amide bonds. The van der Waals surface area contributed by atoms with Gasteiger partial charge < -0.3 is 15.8 Å². The Morgan fingerprint density at radius 1 is 1.05 bits per heavy atom. The van der Waals surface area contributed by atoms with Crippen molar-refractivity contribution in [3.05, 3.63) is 95.3 Å². The van der Waals surface area contributed by atoms with Gasteiger partial charge in [-0.3, -0.25) is 4.79 Å². The number of aromatic nitrogens is 8. The van der Waals surface area contributed by atoms with E-state index in [1.807, 2.05) is 72.8 Å². The monoisotopic (exact) mass is 564 g/mol. The summed E-state index contributed by atoms with van der Waals surface area (Å²) in [6.45, 7) is 0.604. The van der Waals surface area contributed by atoms with Crippen LogP contribution in [0.4, 0.5) is 11.5 Å². The largest absolute Gasteiger partial charge is 0.496 e. The number of amides is 1. The van der Waals surface area contributed by atoms with Crippen molar-refractivity contribution in [2.75, 3.05) is 18.2 Å². The van der Waals surface area contributed by atoms with Crippen LogP contribution < -0.4 is 21.2 Å². The van der Waals surface area contributed by atoms with Crippen LogP contribution >= 0.6 is 0 Å². The summed E-state index contributed by atoms with van der Waals surface area (Å²) in [4.78, 5) is 13.1. The van der Waals surface area contributed by atoms with E-state index in [-0.39, 0.29) is 23.9 Å².